The number of carbonyl (C=O) groups excluding carboxylic acids is 1. The van der Waals surface area contributed by atoms with Gasteiger partial charge in [0.2, 0.25) is 5.56 Å². The molecule has 100 valence electrons. The Morgan fingerprint density at radius 3 is 2.67 bits per heavy atom. The van der Waals surface area contributed by atoms with E-state index in [2.05, 4.69) is 4.98 Å². The normalized spacial score (nSPS) is 14.2. The van der Waals surface area contributed by atoms with Gasteiger partial charge in [-0.1, -0.05) is 11.8 Å². The Bertz CT molecular complexity index is 471. The zero-order valence-electron chi connectivity index (χ0n) is 10.3. The number of aliphatic hydroxyl groups excluding tert-OH is 2. The van der Waals surface area contributed by atoms with E-state index >= 15 is 0 Å². The number of aromatic amines is 1. The lowest BCUT2D eigenvalue weighted by atomic mass is 10.0. The van der Waals surface area contributed by atoms with Gasteiger partial charge < -0.3 is 15.2 Å². The number of hydrogen-bond acceptors (Lipinski definition) is 5. The van der Waals surface area contributed by atoms with E-state index in [-0.39, 0.29) is 10.7 Å². The average Bonchev–Trinajstić information content (AvgIpc) is 2.27. The summed E-state index contributed by atoms with van der Waals surface area (Å²) in [6.07, 6.45) is -1.71. The van der Waals surface area contributed by atoms with Crippen LogP contribution in [0.3, 0.4) is 0 Å². The average molecular weight is 271 g/mol. The van der Waals surface area contributed by atoms with Gasteiger partial charge in [-0.05, 0) is 19.4 Å². The summed E-state index contributed by atoms with van der Waals surface area (Å²) in [7, 11) is 0. The van der Waals surface area contributed by atoms with E-state index < -0.39 is 12.2 Å². The number of aliphatic hydroxyl groups is 2. The van der Waals surface area contributed by atoms with Crippen molar-refractivity contribution in [1.29, 1.82) is 0 Å². The van der Waals surface area contributed by atoms with Gasteiger partial charge >= 0.3 is 0 Å². The Morgan fingerprint density at radius 2 is 2.11 bits per heavy atom. The summed E-state index contributed by atoms with van der Waals surface area (Å²) in [5.41, 5.74) is 0.785. The largest absolute Gasteiger partial charge is 0.390 e. The first kappa shape index (κ1) is 14.9. The molecule has 1 rings (SSSR count). The van der Waals surface area contributed by atoms with Gasteiger partial charge in [0.25, 0.3) is 0 Å². The van der Waals surface area contributed by atoms with Crippen LogP contribution in [0.15, 0.2) is 16.9 Å². The van der Waals surface area contributed by atoms with Crippen molar-refractivity contribution in [2.45, 2.75) is 32.5 Å². The molecule has 0 radical (unpaired) electrons. The van der Waals surface area contributed by atoms with Gasteiger partial charge in [0.1, 0.15) is 6.10 Å². The summed E-state index contributed by atoms with van der Waals surface area (Å²) in [4.78, 5) is 24.3. The second-order valence-corrected chi connectivity index (χ2v) is 5.32. The number of H-pyrrole nitrogens is 1. The van der Waals surface area contributed by atoms with E-state index in [1.807, 2.05) is 0 Å². The third-order valence-electron chi connectivity index (χ3n) is 2.56. The van der Waals surface area contributed by atoms with Crippen molar-refractivity contribution >= 4 is 16.9 Å². The molecule has 0 spiro atoms. The molecule has 0 bridgehead atoms. The number of thioether (sulfide) groups is 1. The van der Waals surface area contributed by atoms with Crippen LogP contribution in [-0.2, 0) is 4.79 Å². The third kappa shape index (κ3) is 4.29. The highest BCUT2D eigenvalue weighted by atomic mass is 32.2. The van der Waals surface area contributed by atoms with Crippen LogP contribution < -0.4 is 5.56 Å². The minimum atomic E-state index is -1.06. The molecule has 0 aliphatic rings. The van der Waals surface area contributed by atoms with E-state index in [0.717, 1.165) is 11.8 Å². The van der Waals surface area contributed by atoms with Crippen molar-refractivity contribution in [2.75, 3.05) is 5.75 Å². The maximum absolute atomic E-state index is 11.0. The number of nitrogens with one attached hydrogen (secondary N) is 1. The molecule has 0 aliphatic carbocycles. The van der Waals surface area contributed by atoms with Crippen LogP contribution in [0.25, 0.3) is 0 Å². The fourth-order valence-corrected chi connectivity index (χ4v) is 2.24. The zero-order chi connectivity index (χ0) is 13.7. The summed E-state index contributed by atoms with van der Waals surface area (Å²) in [5.74, 6) is 0.454. The van der Waals surface area contributed by atoms with E-state index in [0.29, 0.717) is 23.4 Å². The van der Waals surface area contributed by atoms with Crippen molar-refractivity contribution in [3.63, 3.8) is 0 Å². The summed E-state index contributed by atoms with van der Waals surface area (Å²) in [5, 5.41) is 19.8. The molecule has 2 unspecified atom stereocenters. The van der Waals surface area contributed by atoms with Crippen molar-refractivity contribution in [1.82, 2.24) is 4.98 Å². The molecule has 0 amide bonds. The first-order chi connectivity index (χ1) is 8.41. The molecule has 0 saturated heterocycles. The van der Waals surface area contributed by atoms with Gasteiger partial charge in [-0.3, -0.25) is 9.59 Å². The quantitative estimate of drug-likeness (QED) is 0.735. The van der Waals surface area contributed by atoms with Crippen LogP contribution in [0.1, 0.15) is 30.7 Å². The summed E-state index contributed by atoms with van der Waals surface area (Å²) >= 11 is 1.11. The van der Waals surface area contributed by atoms with Crippen molar-refractivity contribution < 1.29 is 15.0 Å². The predicted molar refractivity (Wildman–Crippen MR) is 70.5 cm³/mol. The van der Waals surface area contributed by atoms with Crippen LogP contribution in [0, 0.1) is 6.92 Å². The maximum Gasteiger partial charge on any atom is 0.248 e. The van der Waals surface area contributed by atoms with Crippen LogP contribution in [-0.4, -0.2) is 32.2 Å². The SMILES string of the molecule is CC(=O)SCCC(O)C(O)c1ccc(=O)[nH]c1C. The first-order valence-electron chi connectivity index (χ1n) is 5.61. The molecule has 1 aromatic heterocycles. The lowest BCUT2D eigenvalue weighted by Gasteiger charge is -2.19. The predicted octanol–water partition coefficient (Wildman–Crippen LogP) is 0.747. The number of aryl methyl sites for hydroxylation is 1. The van der Waals surface area contributed by atoms with Crippen molar-refractivity contribution in [3.05, 3.63) is 33.7 Å². The van der Waals surface area contributed by atoms with Crippen LogP contribution >= 0.6 is 11.8 Å². The van der Waals surface area contributed by atoms with Gasteiger partial charge in [0.05, 0.1) is 6.10 Å². The second kappa shape index (κ2) is 6.72. The molecule has 3 N–H and O–H groups in total. The highest BCUT2D eigenvalue weighted by Gasteiger charge is 2.20. The first-order valence-corrected chi connectivity index (χ1v) is 6.59. The van der Waals surface area contributed by atoms with E-state index in [1.54, 1.807) is 6.92 Å². The number of hydrogen-bond donors (Lipinski definition) is 3. The standard InChI is InChI=1S/C12H17NO4S/c1-7-9(3-4-11(16)13-7)12(17)10(15)5-6-18-8(2)14/h3-4,10,12,15,17H,5-6H2,1-2H3,(H,13,16). The minimum absolute atomic E-state index is 0.0167. The molecule has 6 heteroatoms. The number of pyridine rings is 1. The molecule has 18 heavy (non-hydrogen) atoms. The molecular weight excluding hydrogens is 254 g/mol. The molecule has 2 atom stereocenters. The van der Waals surface area contributed by atoms with Crippen LogP contribution in [0.2, 0.25) is 0 Å². The number of rotatable bonds is 5. The maximum atomic E-state index is 11.0. The summed E-state index contributed by atoms with van der Waals surface area (Å²) in [6.45, 7) is 3.12. The van der Waals surface area contributed by atoms with Gasteiger partial charge in [0.15, 0.2) is 5.12 Å². The van der Waals surface area contributed by atoms with Crippen LogP contribution in [0.5, 0.6) is 0 Å². The molecular formula is C12H17NO4S. The lowest BCUT2D eigenvalue weighted by Crippen LogP contribution is -2.21. The third-order valence-corrected chi connectivity index (χ3v) is 3.41. The van der Waals surface area contributed by atoms with Gasteiger partial charge in [-0.2, -0.15) is 0 Å². The summed E-state index contributed by atoms with van der Waals surface area (Å²) < 4.78 is 0. The number of carbonyl (C=O) groups is 1. The van der Waals surface area contributed by atoms with E-state index in [4.69, 9.17) is 0 Å². The molecule has 1 heterocycles. The molecule has 0 aliphatic heterocycles. The second-order valence-electron chi connectivity index (χ2n) is 4.04. The Morgan fingerprint density at radius 1 is 1.44 bits per heavy atom. The monoisotopic (exact) mass is 271 g/mol. The minimum Gasteiger partial charge on any atom is -0.390 e. The summed E-state index contributed by atoms with van der Waals surface area (Å²) in [6, 6.07) is 2.81. The lowest BCUT2D eigenvalue weighted by molar-refractivity contribution is -0.109. The number of aromatic nitrogens is 1. The fraction of sp³-hybridized carbons (Fsp3) is 0.500. The Balaban J connectivity index is 2.65. The highest BCUT2D eigenvalue weighted by molar-refractivity contribution is 8.13. The smallest absolute Gasteiger partial charge is 0.248 e. The molecule has 0 saturated carbocycles. The van der Waals surface area contributed by atoms with E-state index in [1.165, 1.54) is 19.1 Å². The van der Waals surface area contributed by atoms with Gasteiger partial charge in [-0.15, -0.1) is 0 Å². The topological polar surface area (TPSA) is 90.4 Å². The zero-order valence-corrected chi connectivity index (χ0v) is 11.2. The van der Waals surface area contributed by atoms with Gasteiger partial charge in [0, 0.05) is 30.0 Å². The molecule has 5 nitrogen and oxygen atoms in total. The Labute approximate surface area is 109 Å². The van der Waals surface area contributed by atoms with Gasteiger partial charge in [-0.25, -0.2) is 0 Å². The van der Waals surface area contributed by atoms with Crippen molar-refractivity contribution in [2.24, 2.45) is 0 Å². The highest BCUT2D eigenvalue weighted by Crippen LogP contribution is 2.21. The van der Waals surface area contributed by atoms with E-state index in [9.17, 15) is 19.8 Å². The molecule has 0 fully saturated rings. The Kier molecular flexibility index (Phi) is 5.58. The molecule has 0 aromatic carbocycles. The fourth-order valence-electron chi connectivity index (χ4n) is 1.60. The molecule has 1 aromatic rings. The van der Waals surface area contributed by atoms with Crippen molar-refractivity contribution in [3.8, 4) is 0 Å². The Hall–Kier alpha value is -1.11. The van der Waals surface area contributed by atoms with Crippen LogP contribution in [0.4, 0.5) is 0 Å².